The van der Waals surface area contributed by atoms with E-state index < -0.39 is 47.3 Å². The minimum atomic E-state index is -2.45. The van der Waals surface area contributed by atoms with Crippen LogP contribution in [-0.4, -0.2) is 80.2 Å². The van der Waals surface area contributed by atoms with E-state index in [4.69, 9.17) is 23.1 Å². The summed E-state index contributed by atoms with van der Waals surface area (Å²) in [4.78, 5) is 38.9. The van der Waals surface area contributed by atoms with Crippen molar-refractivity contribution in [2.75, 3.05) is 19.0 Å². The van der Waals surface area contributed by atoms with Gasteiger partial charge in [-0.1, -0.05) is 59.7 Å². The van der Waals surface area contributed by atoms with Crippen molar-refractivity contribution < 1.29 is 32.7 Å². The molecule has 1 fully saturated rings. The van der Waals surface area contributed by atoms with Gasteiger partial charge in [-0.25, -0.2) is 19.7 Å². The standard InChI is InChI=1S/C31H47N5O7Si2/c1-30(2,3)44(8,9)40-17-21-23(42-29(38)39-7)24(43-45(10,11)31(4,5)6)28(41-21)36-19-34-22-25(32-18-33-26(22)36)35-27(37)20-15-13-12-14-16-20/h12-16,18-19,21,23-24,28H,17H2,1-11H3,(H,32,33,35,37)/t21-,23-,24-,28-/m1/s1. The Balaban J connectivity index is 1.76. The number of hydrogen-bond acceptors (Lipinski definition) is 10. The van der Waals surface area contributed by atoms with Crippen molar-refractivity contribution in [2.45, 2.75) is 102 Å². The number of carbonyl (C=O) groups excluding carboxylic acids is 2. The summed E-state index contributed by atoms with van der Waals surface area (Å²) >= 11 is 0. The second-order valence-corrected chi connectivity index (χ2v) is 23.9. The summed E-state index contributed by atoms with van der Waals surface area (Å²) in [5.41, 5.74) is 1.28. The molecular weight excluding hydrogens is 611 g/mol. The van der Waals surface area contributed by atoms with E-state index in [0.29, 0.717) is 16.7 Å². The third-order valence-electron chi connectivity index (χ3n) is 9.24. The lowest BCUT2D eigenvalue weighted by atomic mass is 10.1. The maximum Gasteiger partial charge on any atom is 0.508 e. The third kappa shape index (κ3) is 7.46. The summed E-state index contributed by atoms with van der Waals surface area (Å²) in [5, 5.41) is 2.65. The molecule has 45 heavy (non-hydrogen) atoms. The highest BCUT2D eigenvalue weighted by Crippen LogP contribution is 2.44. The maximum absolute atomic E-state index is 12.9. The number of methoxy groups -OCH3 is 1. The number of ether oxygens (including phenoxy) is 3. The molecule has 0 bridgehead atoms. The van der Waals surface area contributed by atoms with E-state index in [1.165, 1.54) is 13.4 Å². The summed E-state index contributed by atoms with van der Waals surface area (Å²) in [7, 11) is -3.38. The van der Waals surface area contributed by atoms with Gasteiger partial charge in [-0.2, -0.15) is 0 Å². The number of aromatic nitrogens is 4. The Morgan fingerprint density at radius 1 is 0.933 bits per heavy atom. The summed E-state index contributed by atoms with van der Waals surface area (Å²) in [6, 6.07) is 8.85. The van der Waals surface area contributed by atoms with E-state index >= 15 is 0 Å². The second-order valence-electron chi connectivity index (χ2n) is 14.4. The molecule has 4 rings (SSSR count). The van der Waals surface area contributed by atoms with Crippen LogP contribution in [-0.2, 0) is 23.1 Å². The van der Waals surface area contributed by atoms with Gasteiger partial charge in [0.25, 0.3) is 5.91 Å². The Bertz CT molecular complexity index is 1500. The average molecular weight is 658 g/mol. The van der Waals surface area contributed by atoms with Crippen molar-refractivity contribution in [3.8, 4) is 0 Å². The van der Waals surface area contributed by atoms with Crippen LogP contribution in [0.25, 0.3) is 11.2 Å². The minimum Gasteiger partial charge on any atom is -0.438 e. The number of rotatable bonds is 9. The van der Waals surface area contributed by atoms with Gasteiger partial charge in [-0.15, -0.1) is 0 Å². The van der Waals surface area contributed by atoms with Crippen LogP contribution < -0.4 is 5.32 Å². The molecule has 2 aromatic heterocycles. The first kappa shape index (κ1) is 34.7. The molecule has 0 saturated carbocycles. The number of imidazole rings is 1. The fourth-order valence-electron chi connectivity index (χ4n) is 4.42. The SMILES string of the molecule is COC(=O)O[C@H]1[C@@H](O[Si](C)(C)C(C)(C)C)[C@H](n2cnc3c(NC(=O)c4ccccc4)ncnc32)O[C@@H]1CO[Si](C)(C)C(C)(C)C. The Kier molecular flexibility index (Phi) is 9.95. The minimum absolute atomic E-state index is 0.0429. The van der Waals surface area contributed by atoms with Crippen molar-refractivity contribution in [1.82, 2.24) is 19.5 Å². The molecule has 14 heteroatoms. The lowest BCUT2D eigenvalue weighted by Gasteiger charge is -2.40. The van der Waals surface area contributed by atoms with Gasteiger partial charge in [0.1, 0.15) is 18.5 Å². The predicted molar refractivity (Wildman–Crippen MR) is 176 cm³/mol. The number of nitrogens with one attached hydrogen (secondary N) is 1. The van der Waals surface area contributed by atoms with Gasteiger partial charge in [0.05, 0.1) is 20.0 Å². The molecule has 1 saturated heterocycles. The van der Waals surface area contributed by atoms with Crippen LogP contribution in [0.4, 0.5) is 10.6 Å². The molecule has 12 nitrogen and oxygen atoms in total. The highest BCUT2D eigenvalue weighted by molar-refractivity contribution is 6.74. The first-order chi connectivity index (χ1) is 20.9. The summed E-state index contributed by atoms with van der Waals surface area (Å²) in [6.45, 7) is 21.7. The van der Waals surface area contributed by atoms with E-state index in [2.05, 4.69) is 88.0 Å². The highest BCUT2D eigenvalue weighted by Gasteiger charge is 2.54. The molecule has 0 unspecified atom stereocenters. The number of carbonyl (C=O) groups is 2. The predicted octanol–water partition coefficient (Wildman–Crippen LogP) is 6.54. The van der Waals surface area contributed by atoms with Gasteiger partial charge in [0, 0.05) is 5.56 Å². The lowest BCUT2D eigenvalue weighted by molar-refractivity contribution is -0.0520. The molecule has 0 radical (unpaired) electrons. The van der Waals surface area contributed by atoms with Crippen molar-refractivity contribution in [3.05, 3.63) is 48.5 Å². The number of hydrogen-bond donors (Lipinski definition) is 1. The van der Waals surface area contributed by atoms with Gasteiger partial charge >= 0.3 is 6.16 Å². The zero-order chi connectivity index (χ0) is 33.4. The van der Waals surface area contributed by atoms with Crippen LogP contribution in [0.1, 0.15) is 58.1 Å². The van der Waals surface area contributed by atoms with Crippen molar-refractivity contribution >= 4 is 45.7 Å². The molecule has 3 aromatic rings. The Hall–Kier alpha value is -3.18. The van der Waals surface area contributed by atoms with Crippen LogP contribution in [0.2, 0.25) is 36.3 Å². The Labute approximate surface area is 267 Å². The smallest absolute Gasteiger partial charge is 0.438 e. The number of fused-ring (bicyclic) bond motifs is 1. The molecular formula is C31H47N5O7Si2. The van der Waals surface area contributed by atoms with E-state index in [1.54, 1.807) is 35.2 Å². The zero-order valence-corrected chi connectivity index (χ0v) is 30.2. The Morgan fingerprint density at radius 2 is 1.58 bits per heavy atom. The second kappa shape index (κ2) is 12.9. The maximum atomic E-state index is 12.9. The molecule has 1 aromatic carbocycles. The summed E-state index contributed by atoms with van der Waals surface area (Å²) in [6.07, 6.45) is -0.954. The fourth-order valence-corrected chi connectivity index (χ4v) is 6.71. The number of benzene rings is 1. The summed E-state index contributed by atoms with van der Waals surface area (Å²) < 4.78 is 32.8. The summed E-state index contributed by atoms with van der Waals surface area (Å²) in [5.74, 6) is -0.0663. The molecule has 1 aliphatic heterocycles. The van der Waals surface area contributed by atoms with Crippen LogP contribution in [0, 0.1) is 0 Å². The molecule has 0 spiro atoms. The molecule has 4 atom stereocenters. The van der Waals surface area contributed by atoms with E-state index in [1.807, 2.05) is 6.07 Å². The number of amides is 1. The fraction of sp³-hybridized carbons (Fsp3) is 0.581. The van der Waals surface area contributed by atoms with Crippen molar-refractivity contribution in [2.24, 2.45) is 0 Å². The monoisotopic (exact) mass is 657 g/mol. The lowest BCUT2D eigenvalue weighted by Crippen LogP contribution is -2.50. The molecule has 246 valence electrons. The van der Waals surface area contributed by atoms with Gasteiger partial charge in [0.2, 0.25) is 0 Å². The third-order valence-corrected chi connectivity index (χ3v) is 18.2. The van der Waals surface area contributed by atoms with Crippen LogP contribution >= 0.6 is 0 Å². The normalized spacial score (nSPS) is 21.1. The van der Waals surface area contributed by atoms with Crippen LogP contribution in [0.15, 0.2) is 43.0 Å². The molecule has 0 aliphatic carbocycles. The largest absolute Gasteiger partial charge is 0.508 e. The first-order valence-electron chi connectivity index (χ1n) is 15.1. The van der Waals surface area contributed by atoms with Crippen molar-refractivity contribution in [3.63, 3.8) is 0 Å². The van der Waals surface area contributed by atoms with E-state index in [-0.39, 0.29) is 28.4 Å². The van der Waals surface area contributed by atoms with Crippen molar-refractivity contribution in [1.29, 1.82) is 0 Å². The van der Waals surface area contributed by atoms with Crippen LogP contribution in [0.5, 0.6) is 0 Å². The molecule has 1 N–H and O–H groups in total. The average Bonchev–Trinajstić information content (AvgIpc) is 3.52. The number of nitrogens with zero attached hydrogens (tertiary/aromatic N) is 4. The Morgan fingerprint density at radius 3 is 2.18 bits per heavy atom. The van der Waals surface area contributed by atoms with Gasteiger partial charge < -0.3 is 28.4 Å². The molecule has 3 heterocycles. The van der Waals surface area contributed by atoms with E-state index in [9.17, 15) is 9.59 Å². The molecule has 1 aliphatic rings. The van der Waals surface area contributed by atoms with Gasteiger partial charge in [-0.05, 0) is 48.4 Å². The van der Waals surface area contributed by atoms with E-state index in [0.717, 1.165) is 0 Å². The van der Waals surface area contributed by atoms with Gasteiger partial charge in [-0.3, -0.25) is 9.36 Å². The highest BCUT2D eigenvalue weighted by atomic mass is 28.4. The number of anilines is 1. The van der Waals surface area contributed by atoms with Gasteiger partial charge in [0.15, 0.2) is 45.9 Å². The quantitative estimate of drug-likeness (QED) is 0.200. The zero-order valence-electron chi connectivity index (χ0n) is 28.2. The molecule has 1 amide bonds. The van der Waals surface area contributed by atoms with Crippen LogP contribution in [0.3, 0.4) is 0 Å². The first-order valence-corrected chi connectivity index (χ1v) is 20.9. The topological polar surface area (TPSA) is 136 Å².